The van der Waals surface area contributed by atoms with Crippen LogP contribution in [0, 0.1) is 0 Å². The minimum Gasteiger partial charge on any atom is -0.508 e. The van der Waals surface area contributed by atoms with Crippen molar-refractivity contribution in [2.24, 2.45) is 0 Å². The third-order valence-corrected chi connectivity index (χ3v) is 4.24. The summed E-state index contributed by atoms with van der Waals surface area (Å²) >= 11 is 0. The molecule has 21 heavy (non-hydrogen) atoms. The molecule has 2 aromatic carbocycles. The van der Waals surface area contributed by atoms with E-state index in [1.165, 1.54) is 11.1 Å². The highest BCUT2D eigenvalue weighted by Crippen LogP contribution is 2.37. The second-order valence-electron chi connectivity index (χ2n) is 5.50. The van der Waals surface area contributed by atoms with Gasteiger partial charge in [0.2, 0.25) is 6.79 Å². The standard InChI is InChI=1S/C17H17NO3/c19-15-3-1-2-12-13(15)5-6-14(12)18-9-11-4-7-16-17(8-11)21-10-20-16/h1-4,7-8,14,18-19H,5-6,9-10H2. The van der Waals surface area contributed by atoms with Crippen molar-refractivity contribution in [2.75, 3.05) is 6.79 Å². The molecule has 1 unspecified atom stereocenters. The zero-order chi connectivity index (χ0) is 14.2. The number of phenolic OH excluding ortho intramolecular Hbond substituents is 1. The maximum absolute atomic E-state index is 9.88. The molecule has 2 aromatic rings. The van der Waals surface area contributed by atoms with Crippen LogP contribution in [-0.4, -0.2) is 11.9 Å². The summed E-state index contributed by atoms with van der Waals surface area (Å²) in [6, 6.07) is 12.1. The van der Waals surface area contributed by atoms with Crippen LogP contribution < -0.4 is 14.8 Å². The molecule has 4 rings (SSSR count). The van der Waals surface area contributed by atoms with Gasteiger partial charge in [0.1, 0.15) is 5.75 Å². The minimum atomic E-state index is 0.303. The van der Waals surface area contributed by atoms with Gasteiger partial charge in [0.05, 0.1) is 0 Å². The van der Waals surface area contributed by atoms with Gasteiger partial charge in [-0.25, -0.2) is 0 Å². The monoisotopic (exact) mass is 283 g/mol. The van der Waals surface area contributed by atoms with Gasteiger partial charge in [-0.3, -0.25) is 0 Å². The summed E-state index contributed by atoms with van der Waals surface area (Å²) in [5, 5.41) is 13.4. The molecule has 0 saturated carbocycles. The largest absolute Gasteiger partial charge is 0.508 e. The highest BCUT2D eigenvalue weighted by Gasteiger charge is 2.24. The Labute approximate surface area is 123 Å². The molecule has 0 amide bonds. The van der Waals surface area contributed by atoms with Crippen molar-refractivity contribution in [1.82, 2.24) is 5.32 Å². The SMILES string of the molecule is Oc1cccc2c1CCC2NCc1ccc2c(c1)OCO2. The first kappa shape index (κ1) is 12.5. The van der Waals surface area contributed by atoms with E-state index >= 15 is 0 Å². The molecular weight excluding hydrogens is 266 g/mol. The lowest BCUT2D eigenvalue weighted by molar-refractivity contribution is 0.174. The second-order valence-corrected chi connectivity index (χ2v) is 5.50. The topological polar surface area (TPSA) is 50.7 Å². The molecule has 1 heterocycles. The molecule has 4 heteroatoms. The highest BCUT2D eigenvalue weighted by molar-refractivity contribution is 5.45. The summed E-state index contributed by atoms with van der Waals surface area (Å²) in [7, 11) is 0. The zero-order valence-electron chi connectivity index (χ0n) is 11.6. The van der Waals surface area contributed by atoms with Crippen LogP contribution in [0.4, 0.5) is 0 Å². The molecular formula is C17H17NO3. The molecule has 2 N–H and O–H groups in total. The number of fused-ring (bicyclic) bond motifs is 2. The number of rotatable bonds is 3. The van der Waals surface area contributed by atoms with Crippen LogP contribution in [0.5, 0.6) is 17.2 Å². The molecule has 2 aliphatic rings. The molecule has 1 aliphatic heterocycles. The summed E-state index contributed by atoms with van der Waals surface area (Å²) < 4.78 is 10.7. The van der Waals surface area contributed by atoms with Crippen LogP contribution in [-0.2, 0) is 13.0 Å². The van der Waals surface area contributed by atoms with Gasteiger partial charge in [0.25, 0.3) is 0 Å². The second kappa shape index (κ2) is 4.97. The van der Waals surface area contributed by atoms with Crippen molar-refractivity contribution >= 4 is 0 Å². The van der Waals surface area contributed by atoms with Crippen molar-refractivity contribution in [2.45, 2.75) is 25.4 Å². The van der Waals surface area contributed by atoms with E-state index in [1.54, 1.807) is 6.07 Å². The minimum absolute atomic E-state index is 0.303. The van der Waals surface area contributed by atoms with Gasteiger partial charge in [-0.05, 0) is 47.7 Å². The molecule has 4 nitrogen and oxygen atoms in total. The smallest absolute Gasteiger partial charge is 0.231 e. The first-order valence-corrected chi connectivity index (χ1v) is 7.24. The Bertz CT molecular complexity index is 684. The number of phenols is 1. The summed E-state index contributed by atoms with van der Waals surface area (Å²) in [5.41, 5.74) is 3.48. The van der Waals surface area contributed by atoms with Gasteiger partial charge in [0.15, 0.2) is 11.5 Å². The van der Waals surface area contributed by atoms with E-state index in [1.807, 2.05) is 18.2 Å². The van der Waals surface area contributed by atoms with Crippen LogP contribution in [0.25, 0.3) is 0 Å². The van der Waals surface area contributed by atoms with Crippen LogP contribution in [0.2, 0.25) is 0 Å². The highest BCUT2D eigenvalue weighted by atomic mass is 16.7. The van der Waals surface area contributed by atoms with Crippen LogP contribution in [0.15, 0.2) is 36.4 Å². The Balaban J connectivity index is 1.48. The van der Waals surface area contributed by atoms with Crippen LogP contribution in [0.1, 0.15) is 29.2 Å². The predicted octanol–water partition coefficient (Wildman–Crippen LogP) is 2.90. The summed E-state index contributed by atoms with van der Waals surface area (Å²) in [6.07, 6.45) is 1.96. The lowest BCUT2D eigenvalue weighted by atomic mass is 10.1. The van der Waals surface area contributed by atoms with E-state index in [4.69, 9.17) is 9.47 Å². The van der Waals surface area contributed by atoms with Gasteiger partial charge in [-0.2, -0.15) is 0 Å². The quantitative estimate of drug-likeness (QED) is 0.909. The fourth-order valence-corrected chi connectivity index (χ4v) is 3.14. The fourth-order valence-electron chi connectivity index (χ4n) is 3.14. The van der Waals surface area contributed by atoms with E-state index in [0.717, 1.165) is 36.4 Å². The lowest BCUT2D eigenvalue weighted by Crippen LogP contribution is -2.18. The molecule has 0 spiro atoms. The first-order valence-electron chi connectivity index (χ1n) is 7.24. The molecule has 0 bridgehead atoms. The third-order valence-electron chi connectivity index (χ3n) is 4.24. The maximum atomic E-state index is 9.88. The average molecular weight is 283 g/mol. The summed E-state index contributed by atoms with van der Waals surface area (Å²) in [5.74, 6) is 2.05. The number of aromatic hydroxyl groups is 1. The molecule has 0 fully saturated rings. The normalized spacial score (nSPS) is 18.8. The van der Waals surface area contributed by atoms with E-state index in [-0.39, 0.29) is 0 Å². The molecule has 1 atom stereocenters. The molecule has 108 valence electrons. The van der Waals surface area contributed by atoms with Crippen molar-refractivity contribution in [3.05, 3.63) is 53.1 Å². The summed E-state index contributed by atoms with van der Waals surface area (Å²) in [4.78, 5) is 0. The van der Waals surface area contributed by atoms with E-state index in [9.17, 15) is 5.11 Å². The number of nitrogens with one attached hydrogen (secondary N) is 1. The fraction of sp³-hybridized carbons (Fsp3) is 0.294. The van der Waals surface area contributed by atoms with Crippen LogP contribution >= 0.6 is 0 Å². The Morgan fingerprint density at radius 2 is 2.05 bits per heavy atom. The van der Waals surface area contributed by atoms with Crippen molar-refractivity contribution in [3.8, 4) is 17.2 Å². The van der Waals surface area contributed by atoms with Gasteiger partial charge < -0.3 is 19.9 Å². The Hall–Kier alpha value is -2.20. The zero-order valence-corrected chi connectivity index (χ0v) is 11.6. The number of hydrogen-bond acceptors (Lipinski definition) is 4. The third kappa shape index (κ3) is 2.21. The molecule has 0 saturated heterocycles. The van der Waals surface area contributed by atoms with E-state index in [0.29, 0.717) is 18.6 Å². The Morgan fingerprint density at radius 3 is 3.00 bits per heavy atom. The van der Waals surface area contributed by atoms with Gasteiger partial charge in [-0.1, -0.05) is 18.2 Å². The van der Waals surface area contributed by atoms with E-state index < -0.39 is 0 Å². The molecule has 1 aliphatic carbocycles. The predicted molar refractivity (Wildman–Crippen MR) is 78.6 cm³/mol. The average Bonchev–Trinajstić information content (AvgIpc) is 3.12. The molecule has 0 aromatic heterocycles. The lowest BCUT2D eigenvalue weighted by Gasteiger charge is -2.14. The molecule has 0 radical (unpaired) electrons. The Morgan fingerprint density at radius 1 is 1.14 bits per heavy atom. The first-order chi connectivity index (χ1) is 10.3. The number of hydrogen-bond donors (Lipinski definition) is 2. The number of benzene rings is 2. The Kier molecular flexibility index (Phi) is 2.97. The van der Waals surface area contributed by atoms with Gasteiger partial charge in [-0.15, -0.1) is 0 Å². The van der Waals surface area contributed by atoms with Crippen molar-refractivity contribution in [1.29, 1.82) is 0 Å². The van der Waals surface area contributed by atoms with Gasteiger partial charge in [0, 0.05) is 12.6 Å². The van der Waals surface area contributed by atoms with Gasteiger partial charge >= 0.3 is 0 Å². The van der Waals surface area contributed by atoms with E-state index in [2.05, 4.69) is 17.4 Å². The summed E-state index contributed by atoms with van der Waals surface area (Å²) in [6.45, 7) is 1.08. The number of ether oxygens (including phenoxy) is 2. The van der Waals surface area contributed by atoms with Crippen molar-refractivity contribution in [3.63, 3.8) is 0 Å². The van der Waals surface area contributed by atoms with Crippen molar-refractivity contribution < 1.29 is 14.6 Å². The maximum Gasteiger partial charge on any atom is 0.231 e. The van der Waals surface area contributed by atoms with Crippen LogP contribution in [0.3, 0.4) is 0 Å².